The highest BCUT2D eigenvalue weighted by molar-refractivity contribution is 9.11. The fraction of sp³-hybridized carbons (Fsp3) is 0.600. The molecule has 0 amide bonds. The molecule has 8 heavy (non-hydrogen) atoms. The molecule has 0 saturated heterocycles. The van der Waals surface area contributed by atoms with Gasteiger partial charge >= 0.3 is 0 Å². The number of rotatable bonds is 2. The summed E-state index contributed by atoms with van der Waals surface area (Å²) in [6, 6.07) is 0. The third-order valence-corrected chi connectivity index (χ3v) is 1.53. The van der Waals surface area contributed by atoms with E-state index in [9.17, 15) is 0 Å². The lowest BCUT2D eigenvalue weighted by Crippen LogP contribution is -2.21. The molecular formula is C5H11BrOSi. The second-order valence-electron chi connectivity index (χ2n) is 2.49. The predicted molar refractivity (Wildman–Crippen MR) is 42.5 cm³/mol. The lowest BCUT2D eigenvalue weighted by atomic mass is 11.2. The fourth-order valence-corrected chi connectivity index (χ4v) is 1.01. The molecule has 0 rings (SSSR count). The van der Waals surface area contributed by atoms with Gasteiger partial charge in [-0.25, -0.2) is 0 Å². The Morgan fingerprint density at radius 1 is 1.38 bits per heavy atom. The summed E-state index contributed by atoms with van der Waals surface area (Å²) in [6.45, 7) is 6.42. The molecule has 0 bridgehead atoms. The monoisotopic (exact) mass is 194 g/mol. The van der Waals surface area contributed by atoms with Crippen molar-refractivity contribution in [3.8, 4) is 0 Å². The Kier molecular flexibility index (Phi) is 3.40. The molecule has 0 unspecified atom stereocenters. The minimum Gasteiger partial charge on any atom is -0.549 e. The molecule has 0 fully saturated rings. The van der Waals surface area contributed by atoms with Crippen molar-refractivity contribution < 1.29 is 4.43 Å². The molecule has 0 aromatic rings. The van der Waals surface area contributed by atoms with Crippen LogP contribution in [-0.2, 0) is 4.43 Å². The molecule has 0 aliphatic heterocycles. The van der Waals surface area contributed by atoms with Gasteiger partial charge in [-0.1, -0.05) is 15.9 Å². The van der Waals surface area contributed by atoms with Crippen LogP contribution in [0.25, 0.3) is 0 Å². The maximum atomic E-state index is 5.29. The van der Waals surface area contributed by atoms with E-state index in [0.29, 0.717) is 0 Å². The van der Waals surface area contributed by atoms with E-state index in [1.54, 1.807) is 11.2 Å². The van der Waals surface area contributed by atoms with Gasteiger partial charge in [0.1, 0.15) is 0 Å². The Bertz CT molecular complexity index is 84.9. The summed E-state index contributed by atoms with van der Waals surface area (Å²) < 4.78 is 5.29. The maximum Gasteiger partial charge on any atom is 0.241 e. The molecule has 0 heterocycles. The Morgan fingerprint density at radius 2 is 1.88 bits per heavy atom. The molecule has 0 radical (unpaired) electrons. The van der Waals surface area contributed by atoms with Gasteiger partial charge in [0.15, 0.2) is 0 Å². The van der Waals surface area contributed by atoms with Crippen LogP contribution in [0.15, 0.2) is 11.2 Å². The topological polar surface area (TPSA) is 9.23 Å². The lowest BCUT2D eigenvalue weighted by molar-refractivity contribution is 0.481. The first-order valence-corrected chi connectivity index (χ1v) is 6.82. The van der Waals surface area contributed by atoms with Crippen LogP contribution in [-0.4, -0.2) is 8.32 Å². The number of hydrogen-bond acceptors (Lipinski definition) is 1. The average molecular weight is 195 g/mol. The van der Waals surface area contributed by atoms with E-state index in [1.807, 2.05) is 0 Å². The largest absolute Gasteiger partial charge is 0.549 e. The first-order chi connectivity index (χ1) is 3.56. The van der Waals surface area contributed by atoms with Gasteiger partial charge in [-0.15, -0.1) is 0 Å². The van der Waals surface area contributed by atoms with Gasteiger partial charge in [0.05, 0.1) is 6.26 Å². The van der Waals surface area contributed by atoms with Crippen molar-refractivity contribution in [1.82, 2.24) is 0 Å². The smallest absolute Gasteiger partial charge is 0.241 e. The van der Waals surface area contributed by atoms with Gasteiger partial charge < -0.3 is 4.43 Å². The van der Waals surface area contributed by atoms with Gasteiger partial charge in [-0.05, 0) is 19.6 Å². The van der Waals surface area contributed by atoms with E-state index in [0.717, 1.165) is 0 Å². The molecule has 0 saturated carbocycles. The van der Waals surface area contributed by atoms with Crippen LogP contribution in [0.1, 0.15) is 0 Å². The van der Waals surface area contributed by atoms with Crippen molar-refractivity contribution in [2.75, 3.05) is 0 Å². The molecule has 0 aromatic heterocycles. The second-order valence-corrected chi connectivity index (χ2v) is 7.48. The third kappa shape index (κ3) is 6.24. The molecule has 1 nitrogen and oxygen atoms in total. The molecule has 48 valence electrons. The first kappa shape index (κ1) is 8.24. The fourth-order valence-electron chi connectivity index (χ4n) is 0.230. The van der Waals surface area contributed by atoms with Crippen LogP contribution in [0.2, 0.25) is 19.6 Å². The van der Waals surface area contributed by atoms with Gasteiger partial charge in [0.25, 0.3) is 0 Å². The summed E-state index contributed by atoms with van der Waals surface area (Å²) in [5, 5.41) is 0. The Labute approximate surface area is 60.0 Å². The van der Waals surface area contributed by atoms with Crippen molar-refractivity contribution in [2.24, 2.45) is 0 Å². The number of hydrogen-bond donors (Lipinski definition) is 0. The average Bonchev–Trinajstić information content (AvgIpc) is 1.59. The van der Waals surface area contributed by atoms with Crippen molar-refractivity contribution in [3.63, 3.8) is 0 Å². The molecule has 0 atom stereocenters. The van der Waals surface area contributed by atoms with E-state index < -0.39 is 8.32 Å². The molecular weight excluding hydrogens is 184 g/mol. The molecule has 3 heteroatoms. The summed E-state index contributed by atoms with van der Waals surface area (Å²) >= 11 is 3.12. The normalized spacial score (nSPS) is 12.5. The maximum absolute atomic E-state index is 5.29. The van der Waals surface area contributed by atoms with Crippen LogP contribution >= 0.6 is 15.9 Å². The van der Waals surface area contributed by atoms with Crippen molar-refractivity contribution in [2.45, 2.75) is 19.6 Å². The Hall–Kier alpha value is 0.237. The minimum absolute atomic E-state index is 1.29. The lowest BCUT2D eigenvalue weighted by Gasteiger charge is -2.13. The highest BCUT2D eigenvalue weighted by Crippen LogP contribution is 2.02. The molecule has 0 aliphatic rings. The zero-order valence-corrected chi connectivity index (χ0v) is 8.03. The summed E-state index contributed by atoms with van der Waals surface area (Å²) in [5.74, 6) is 0. The standard InChI is InChI=1S/C5H11BrOSi/c1-8(2,3)7-5-4-6/h4-5H,1-3H3/b5-4-. The van der Waals surface area contributed by atoms with Crippen LogP contribution in [0, 0.1) is 0 Å². The van der Waals surface area contributed by atoms with Crippen LogP contribution < -0.4 is 0 Å². The van der Waals surface area contributed by atoms with Gasteiger partial charge in [-0.3, -0.25) is 0 Å². The van der Waals surface area contributed by atoms with E-state index in [4.69, 9.17) is 4.43 Å². The van der Waals surface area contributed by atoms with E-state index >= 15 is 0 Å². The zero-order chi connectivity index (χ0) is 6.62. The number of halogens is 1. The van der Waals surface area contributed by atoms with E-state index in [1.165, 1.54) is 0 Å². The highest BCUT2D eigenvalue weighted by atomic mass is 79.9. The summed E-state index contributed by atoms with van der Waals surface area (Å²) in [7, 11) is -1.29. The second kappa shape index (κ2) is 3.30. The molecule has 0 aliphatic carbocycles. The quantitative estimate of drug-likeness (QED) is 0.486. The highest BCUT2D eigenvalue weighted by Gasteiger charge is 2.12. The van der Waals surface area contributed by atoms with Crippen LogP contribution in [0.4, 0.5) is 0 Å². The van der Waals surface area contributed by atoms with Gasteiger partial charge in [0, 0.05) is 4.99 Å². The van der Waals surface area contributed by atoms with Crippen molar-refractivity contribution in [1.29, 1.82) is 0 Å². The summed E-state index contributed by atoms with van der Waals surface area (Å²) in [6.07, 6.45) is 1.69. The summed E-state index contributed by atoms with van der Waals surface area (Å²) in [5.41, 5.74) is 0. The van der Waals surface area contributed by atoms with E-state index in [2.05, 4.69) is 35.6 Å². The molecule has 0 aromatic carbocycles. The van der Waals surface area contributed by atoms with Crippen molar-refractivity contribution in [3.05, 3.63) is 11.2 Å². The van der Waals surface area contributed by atoms with Gasteiger partial charge in [-0.2, -0.15) is 0 Å². The Balaban J connectivity index is 3.39. The Morgan fingerprint density at radius 3 is 2.00 bits per heavy atom. The third-order valence-electron chi connectivity index (χ3n) is 0.473. The summed E-state index contributed by atoms with van der Waals surface area (Å²) in [4.78, 5) is 1.73. The minimum atomic E-state index is -1.29. The van der Waals surface area contributed by atoms with Crippen LogP contribution in [0.5, 0.6) is 0 Å². The molecule has 0 spiro atoms. The van der Waals surface area contributed by atoms with Crippen molar-refractivity contribution >= 4 is 24.2 Å². The van der Waals surface area contributed by atoms with Crippen LogP contribution in [0.3, 0.4) is 0 Å². The van der Waals surface area contributed by atoms with Gasteiger partial charge in [0.2, 0.25) is 8.32 Å². The molecule has 0 N–H and O–H groups in total. The first-order valence-electron chi connectivity index (χ1n) is 2.49. The predicted octanol–water partition coefficient (Wildman–Crippen LogP) is 2.70. The SMILES string of the molecule is C[Si](C)(C)O/C=C\Br. The van der Waals surface area contributed by atoms with E-state index in [-0.39, 0.29) is 0 Å². The zero-order valence-electron chi connectivity index (χ0n) is 5.44.